The first-order valence-corrected chi connectivity index (χ1v) is 8.37. The Morgan fingerprint density at radius 2 is 1.95 bits per heavy atom. The van der Waals surface area contributed by atoms with Crippen molar-refractivity contribution in [1.29, 1.82) is 0 Å². The van der Waals surface area contributed by atoms with Gasteiger partial charge in [-0.2, -0.15) is 0 Å². The third kappa shape index (κ3) is 6.49. The molecule has 0 saturated heterocycles. The van der Waals surface area contributed by atoms with E-state index < -0.39 is 0 Å². The van der Waals surface area contributed by atoms with Crippen molar-refractivity contribution in [3.8, 4) is 0 Å². The zero-order valence-corrected chi connectivity index (χ0v) is 14.0. The van der Waals surface area contributed by atoms with Gasteiger partial charge in [0.1, 0.15) is 6.54 Å². The molecule has 1 amide bonds. The van der Waals surface area contributed by atoms with Crippen LogP contribution in [-0.4, -0.2) is 25.0 Å². The summed E-state index contributed by atoms with van der Waals surface area (Å²) in [6, 6.07) is 0. The number of carbonyl (C=O) groups excluding carboxylic acids is 2. The molecule has 0 heterocycles. The average Bonchev–Trinajstić information content (AvgIpc) is 2.39. The second kappa shape index (κ2) is 9.06. The first kappa shape index (κ1) is 18.0. The van der Waals surface area contributed by atoms with Crippen molar-refractivity contribution in [1.82, 2.24) is 5.32 Å². The van der Waals surface area contributed by atoms with E-state index in [9.17, 15) is 9.59 Å². The first-order chi connectivity index (χ1) is 9.93. The van der Waals surface area contributed by atoms with E-state index in [-0.39, 0.29) is 24.3 Å². The molecular formula is C17H31NO3. The second-order valence-electron chi connectivity index (χ2n) is 6.73. The quantitative estimate of drug-likeness (QED) is 0.793. The molecule has 122 valence electrons. The number of nitrogens with one attached hydrogen (secondary N) is 1. The van der Waals surface area contributed by atoms with Crippen molar-refractivity contribution in [2.24, 2.45) is 23.7 Å². The highest BCUT2D eigenvalue weighted by Crippen LogP contribution is 2.33. The van der Waals surface area contributed by atoms with Crippen LogP contribution in [0.5, 0.6) is 0 Å². The Morgan fingerprint density at radius 3 is 2.57 bits per heavy atom. The lowest BCUT2D eigenvalue weighted by Gasteiger charge is -2.30. The molecule has 4 heteroatoms. The van der Waals surface area contributed by atoms with Gasteiger partial charge in [0.15, 0.2) is 0 Å². The fraction of sp³-hybridized carbons (Fsp3) is 0.882. The molecule has 0 spiro atoms. The fourth-order valence-corrected chi connectivity index (χ4v) is 3.25. The van der Waals surface area contributed by atoms with E-state index in [2.05, 4.69) is 26.1 Å². The van der Waals surface area contributed by atoms with Gasteiger partial charge in [0.05, 0.1) is 6.61 Å². The number of carbonyl (C=O) groups is 2. The van der Waals surface area contributed by atoms with Gasteiger partial charge < -0.3 is 10.1 Å². The maximum absolute atomic E-state index is 12.4. The van der Waals surface area contributed by atoms with E-state index in [0.717, 1.165) is 12.8 Å². The van der Waals surface area contributed by atoms with Gasteiger partial charge in [-0.15, -0.1) is 0 Å². The van der Waals surface area contributed by atoms with E-state index in [1.807, 2.05) is 0 Å². The van der Waals surface area contributed by atoms with E-state index in [1.54, 1.807) is 6.92 Å². The minimum atomic E-state index is -0.356. The summed E-state index contributed by atoms with van der Waals surface area (Å²) in [5, 5.41) is 2.75. The van der Waals surface area contributed by atoms with E-state index in [1.165, 1.54) is 19.3 Å². The van der Waals surface area contributed by atoms with Crippen LogP contribution in [0.2, 0.25) is 0 Å². The van der Waals surface area contributed by atoms with Crippen LogP contribution in [0.25, 0.3) is 0 Å². The zero-order chi connectivity index (χ0) is 15.8. The lowest BCUT2D eigenvalue weighted by atomic mass is 9.76. The molecular weight excluding hydrogens is 266 g/mol. The summed E-state index contributed by atoms with van der Waals surface area (Å²) in [6.07, 6.45) is 5.55. The standard InChI is InChI=1S/C17H31NO3/c1-5-21-16(19)11-18-17(20)15-9-13(4)7-6-8-14(10-15)12(2)3/h12-15H,5-11H2,1-4H3,(H,18,20)/t13-,14-,15-/m1/s1. The van der Waals surface area contributed by atoms with Gasteiger partial charge in [-0.1, -0.05) is 40.0 Å². The van der Waals surface area contributed by atoms with Gasteiger partial charge >= 0.3 is 5.97 Å². The largest absolute Gasteiger partial charge is 0.465 e. The Balaban J connectivity index is 2.57. The second-order valence-corrected chi connectivity index (χ2v) is 6.73. The molecule has 3 atom stereocenters. The Hall–Kier alpha value is -1.06. The molecule has 1 aliphatic carbocycles. The van der Waals surface area contributed by atoms with Gasteiger partial charge in [-0.25, -0.2) is 0 Å². The van der Waals surface area contributed by atoms with Crippen molar-refractivity contribution in [3.63, 3.8) is 0 Å². The van der Waals surface area contributed by atoms with Crippen molar-refractivity contribution in [3.05, 3.63) is 0 Å². The van der Waals surface area contributed by atoms with E-state index in [4.69, 9.17) is 4.74 Å². The number of hydrogen-bond donors (Lipinski definition) is 1. The molecule has 1 saturated carbocycles. The third-order valence-electron chi connectivity index (χ3n) is 4.57. The predicted molar refractivity (Wildman–Crippen MR) is 83.7 cm³/mol. The lowest BCUT2D eigenvalue weighted by Crippen LogP contribution is -2.37. The van der Waals surface area contributed by atoms with Crippen LogP contribution in [-0.2, 0) is 14.3 Å². The van der Waals surface area contributed by atoms with Gasteiger partial charge in [0.25, 0.3) is 0 Å². The number of esters is 1. The highest BCUT2D eigenvalue weighted by molar-refractivity contribution is 5.83. The molecule has 0 aromatic carbocycles. The molecule has 0 aromatic rings. The summed E-state index contributed by atoms with van der Waals surface area (Å²) in [4.78, 5) is 23.7. The maximum Gasteiger partial charge on any atom is 0.325 e. The molecule has 0 aliphatic heterocycles. The molecule has 4 nitrogen and oxygen atoms in total. The van der Waals surface area contributed by atoms with Crippen LogP contribution in [0.1, 0.15) is 59.8 Å². The first-order valence-electron chi connectivity index (χ1n) is 8.37. The molecule has 0 radical (unpaired) electrons. The van der Waals surface area contributed by atoms with Crippen LogP contribution in [0.4, 0.5) is 0 Å². The van der Waals surface area contributed by atoms with Crippen LogP contribution < -0.4 is 5.32 Å². The maximum atomic E-state index is 12.4. The smallest absolute Gasteiger partial charge is 0.325 e. The minimum Gasteiger partial charge on any atom is -0.465 e. The molecule has 1 N–H and O–H groups in total. The topological polar surface area (TPSA) is 55.4 Å². The number of hydrogen-bond acceptors (Lipinski definition) is 3. The Kier molecular flexibility index (Phi) is 7.76. The van der Waals surface area contributed by atoms with Crippen LogP contribution >= 0.6 is 0 Å². The SMILES string of the molecule is CCOC(=O)CNC(=O)[C@@H]1C[C@H](C)CCC[C@@H](C(C)C)C1. The predicted octanol–water partition coefficient (Wildman–Crippen LogP) is 3.15. The van der Waals surface area contributed by atoms with Gasteiger partial charge in [-0.05, 0) is 37.5 Å². The summed E-state index contributed by atoms with van der Waals surface area (Å²) in [5.74, 6) is 1.49. The fourth-order valence-electron chi connectivity index (χ4n) is 3.25. The Morgan fingerprint density at radius 1 is 1.24 bits per heavy atom. The molecule has 0 unspecified atom stereocenters. The van der Waals surface area contributed by atoms with Gasteiger partial charge in [-0.3, -0.25) is 9.59 Å². The van der Waals surface area contributed by atoms with Crippen molar-refractivity contribution in [2.75, 3.05) is 13.2 Å². The highest BCUT2D eigenvalue weighted by atomic mass is 16.5. The molecule has 0 bridgehead atoms. The van der Waals surface area contributed by atoms with Crippen molar-refractivity contribution < 1.29 is 14.3 Å². The van der Waals surface area contributed by atoms with Crippen LogP contribution in [0.3, 0.4) is 0 Å². The Bertz CT molecular complexity index is 341. The molecule has 1 fully saturated rings. The summed E-state index contributed by atoms with van der Waals surface area (Å²) < 4.78 is 4.85. The average molecular weight is 297 g/mol. The molecule has 21 heavy (non-hydrogen) atoms. The summed E-state index contributed by atoms with van der Waals surface area (Å²) in [7, 11) is 0. The van der Waals surface area contributed by atoms with E-state index in [0.29, 0.717) is 24.4 Å². The lowest BCUT2D eigenvalue weighted by molar-refractivity contribution is -0.144. The van der Waals surface area contributed by atoms with Gasteiger partial charge in [0.2, 0.25) is 5.91 Å². The zero-order valence-electron chi connectivity index (χ0n) is 14.0. The Labute approximate surface area is 129 Å². The van der Waals surface area contributed by atoms with Crippen LogP contribution in [0, 0.1) is 23.7 Å². The third-order valence-corrected chi connectivity index (χ3v) is 4.57. The molecule has 1 rings (SSSR count). The van der Waals surface area contributed by atoms with E-state index >= 15 is 0 Å². The highest BCUT2D eigenvalue weighted by Gasteiger charge is 2.28. The summed E-state index contributed by atoms with van der Waals surface area (Å²) in [5.41, 5.74) is 0. The molecule has 1 aliphatic rings. The normalized spacial score (nSPS) is 26.8. The van der Waals surface area contributed by atoms with Crippen LogP contribution in [0.15, 0.2) is 0 Å². The summed E-state index contributed by atoms with van der Waals surface area (Å²) in [6.45, 7) is 8.81. The van der Waals surface area contributed by atoms with Gasteiger partial charge in [0, 0.05) is 5.92 Å². The number of ether oxygens (including phenoxy) is 1. The van der Waals surface area contributed by atoms with Crippen molar-refractivity contribution >= 4 is 11.9 Å². The number of amides is 1. The number of rotatable bonds is 5. The van der Waals surface area contributed by atoms with Crippen molar-refractivity contribution in [2.45, 2.75) is 59.8 Å². The summed E-state index contributed by atoms with van der Waals surface area (Å²) >= 11 is 0. The minimum absolute atomic E-state index is 0.0100. The monoisotopic (exact) mass is 297 g/mol. The molecule has 0 aromatic heterocycles.